The van der Waals surface area contributed by atoms with Crippen molar-refractivity contribution in [3.05, 3.63) is 66.2 Å². The molecular formula is C21H23NO5. The van der Waals surface area contributed by atoms with E-state index in [-0.39, 0.29) is 36.9 Å². The lowest BCUT2D eigenvalue weighted by molar-refractivity contribution is -0.124. The molecule has 0 unspecified atom stereocenters. The molecule has 2 aromatic carbocycles. The number of carbonyl (C=O) groups is 1. The first-order chi connectivity index (χ1) is 13.3. The molecule has 0 saturated carbocycles. The van der Waals surface area contributed by atoms with Gasteiger partial charge in [-0.15, -0.1) is 0 Å². The van der Waals surface area contributed by atoms with Crippen molar-refractivity contribution in [2.24, 2.45) is 0 Å². The van der Waals surface area contributed by atoms with Gasteiger partial charge >= 0.3 is 0 Å². The van der Waals surface area contributed by atoms with Crippen molar-refractivity contribution in [2.45, 2.75) is 31.0 Å². The van der Waals surface area contributed by atoms with Gasteiger partial charge in [0.25, 0.3) is 5.91 Å². The van der Waals surface area contributed by atoms with Gasteiger partial charge in [-0.05, 0) is 17.7 Å². The zero-order valence-electron chi connectivity index (χ0n) is 15.0. The number of carbonyl (C=O) groups excluding carboxylic acids is 1. The first kappa shape index (κ1) is 18.0. The van der Waals surface area contributed by atoms with Gasteiger partial charge in [0, 0.05) is 0 Å². The van der Waals surface area contributed by atoms with Crippen LogP contribution in [-0.4, -0.2) is 50.1 Å². The van der Waals surface area contributed by atoms with Crippen LogP contribution in [-0.2, 0) is 25.6 Å². The van der Waals surface area contributed by atoms with E-state index in [0.29, 0.717) is 25.6 Å². The topological polar surface area (TPSA) is 66.0 Å². The van der Waals surface area contributed by atoms with Crippen LogP contribution >= 0.6 is 0 Å². The zero-order valence-corrected chi connectivity index (χ0v) is 15.0. The van der Waals surface area contributed by atoms with Gasteiger partial charge in [-0.25, -0.2) is 0 Å². The minimum Gasteiger partial charge on any atom is -0.484 e. The predicted molar refractivity (Wildman–Crippen MR) is 98.4 cm³/mol. The van der Waals surface area contributed by atoms with Gasteiger partial charge in [0.2, 0.25) is 0 Å². The quantitative estimate of drug-likeness (QED) is 0.808. The number of ether oxygens (including phenoxy) is 4. The van der Waals surface area contributed by atoms with Crippen molar-refractivity contribution in [1.29, 1.82) is 0 Å². The van der Waals surface area contributed by atoms with Crippen molar-refractivity contribution >= 4 is 5.91 Å². The van der Waals surface area contributed by atoms with Crippen molar-refractivity contribution in [2.75, 3.05) is 19.8 Å². The summed E-state index contributed by atoms with van der Waals surface area (Å²) >= 11 is 0. The van der Waals surface area contributed by atoms with Crippen molar-refractivity contribution < 1.29 is 23.7 Å². The summed E-state index contributed by atoms with van der Waals surface area (Å²) in [6.07, 6.45) is -0.474. The van der Waals surface area contributed by atoms with E-state index in [9.17, 15) is 4.79 Å². The third-order valence-corrected chi connectivity index (χ3v) is 4.77. The number of hydrogen-bond acceptors (Lipinski definition) is 5. The molecule has 2 fully saturated rings. The highest BCUT2D eigenvalue weighted by Crippen LogP contribution is 2.29. The first-order valence-corrected chi connectivity index (χ1v) is 9.15. The minimum atomic E-state index is -0.189. The van der Waals surface area contributed by atoms with Gasteiger partial charge in [-0.1, -0.05) is 48.5 Å². The predicted octanol–water partition coefficient (Wildman–Crippen LogP) is 1.93. The molecule has 2 aliphatic heterocycles. The molecule has 0 radical (unpaired) electrons. The van der Waals surface area contributed by atoms with Crippen molar-refractivity contribution in [1.82, 2.24) is 5.32 Å². The van der Waals surface area contributed by atoms with E-state index in [1.54, 1.807) is 0 Å². The normalized spacial score (nSPS) is 26.5. The monoisotopic (exact) mass is 369 g/mol. The van der Waals surface area contributed by atoms with E-state index in [1.807, 2.05) is 60.7 Å². The summed E-state index contributed by atoms with van der Waals surface area (Å²) in [5.41, 5.74) is 1.11. The van der Waals surface area contributed by atoms with E-state index >= 15 is 0 Å². The van der Waals surface area contributed by atoms with Crippen LogP contribution in [0.2, 0.25) is 0 Å². The summed E-state index contributed by atoms with van der Waals surface area (Å²) in [6, 6.07) is 19.1. The molecule has 2 heterocycles. The average molecular weight is 369 g/mol. The third kappa shape index (κ3) is 4.47. The first-order valence-electron chi connectivity index (χ1n) is 9.15. The molecule has 6 heteroatoms. The number of fused-ring (bicyclic) bond motifs is 1. The smallest absolute Gasteiger partial charge is 0.258 e. The fraction of sp³-hybridized carbons (Fsp3) is 0.381. The van der Waals surface area contributed by atoms with Crippen LogP contribution in [0.15, 0.2) is 60.7 Å². The van der Waals surface area contributed by atoms with Crippen molar-refractivity contribution in [3.63, 3.8) is 0 Å². The molecule has 2 saturated heterocycles. The summed E-state index contributed by atoms with van der Waals surface area (Å²) in [5, 5.41) is 2.95. The Morgan fingerprint density at radius 2 is 1.67 bits per heavy atom. The lowest BCUT2D eigenvalue weighted by Gasteiger charge is -2.18. The molecule has 4 atom stereocenters. The fourth-order valence-electron chi connectivity index (χ4n) is 3.42. The molecule has 6 nitrogen and oxygen atoms in total. The number of nitrogens with one attached hydrogen (secondary N) is 1. The Morgan fingerprint density at radius 1 is 0.963 bits per heavy atom. The fourth-order valence-corrected chi connectivity index (χ4v) is 3.42. The summed E-state index contributed by atoms with van der Waals surface area (Å²) in [6.45, 7) is 1.36. The summed E-state index contributed by atoms with van der Waals surface area (Å²) < 4.78 is 23.2. The molecule has 1 N–H and O–H groups in total. The van der Waals surface area contributed by atoms with Crippen LogP contribution in [0.5, 0.6) is 5.75 Å². The van der Waals surface area contributed by atoms with Crippen LogP contribution in [0.25, 0.3) is 0 Å². The van der Waals surface area contributed by atoms with Gasteiger partial charge in [0.15, 0.2) is 6.61 Å². The highest BCUT2D eigenvalue weighted by Gasteiger charge is 2.48. The van der Waals surface area contributed by atoms with Gasteiger partial charge in [-0.3, -0.25) is 4.79 Å². The van der Waals surface area contributed by atoms with E-state index < -0.39 is 0 Å². The Labute approximate surface area is 158 Å². The van der Waals surface area contributed by atoms with Crippen LogP contribution < -0.4 is 10.1 Å². The number of benzene rings is 2. The van der Waals surface area contributed by atoms with E-state index in [2.05, 4.69) is 5.32 Å². The summed E-state index contributed by atoms with van der Waals surface area (Å²) in [4.78, 5) is 12.2. The van der Waals surface area contributed by atoms with Crippen LogP contribution in [0.1, 0.15) is 5.56 Å². The number of amides is 1. The number of hydrogen-bond donors (Lipinski definition) is 1. The average Bonchev–Trinajstić information content (AvgIpc) is 3.29. The number of para-hydroxylation sites is 1. The van der Waals surface area contributed by atoms with Gasteiger partial charge in [-0.2, -0.15) is 0 Å². The van der Waals surface area contributed by atoms with Crippen LogP contribution in [0.4, 0.5) is 0 Å². The molecule has 4 rings (SSSR count). The third-order valence-electron chi connectivity index (χ3n) is 4.77. The largest absolute Gasteiger partial charge is 0.484 e. The molecule has 0 spiro atoms. The second-order valence-electron chi connectivity index (χ2n) is 6.71. The zero-order chi connectivity index (χ0) is 18.5. The minimum absolute atomic E-state index is 0.0359. The highest BCUT2D eigenvalue weighted by atomic mass is 16.6. The SMILES string of the molecule is O=C(COc1ccccc1)N[C@H]1CO[C@H]2[C@@H]1OC[C@H]2OCc1ccccc1. The van der Waals surface area contributed by atoms with Gasteiger partial charge < -0.3 is 24.3 Å². The Kier molecular flexibility index (Phi) is 5.67. The molecule has 0 aromatic heterocycles. The Morgan fingerprint density at radius 3 is 2.44 bits per heavy atom. The van der Waals surface area contributed by atoms with E-state index in [0.717, 1.165) is 5.56 Å². The molecule has 2 aromatic rings. The van der Waals surface area contributed by atoms with Crippen molar-refractivity contribution in [3.8, 4) is 5.75 Å². The summed E-state index contributed by atoms with van der Waals surface area (Å²) in [7, 11) is 0. The Bertz CT molecular complexity index is 739. The lowest BCUT2D eigenvalue weighted by atomic mass is 10.1. The molecule has 1 amide bonds. The van der Waals surface area contributed by atoms with Gasteiger partial charge in [0.05, 0.1) is 25.9 Å². The second-order valence-corrected chi connectivity index (χ2v) is 6.71. The summed E-state index contributed by atoms with van der Waals surface area (Å²) in [5.74, 6) is 0.477. The lowest BCUT2D eigenvalue weighted by Crippen LogP contribution is -2.46. The molecule has 0 bridgehead atoms. The Hall–Kier alpha value is -2.41. The maximum Gasteiger partial charge on any atom is 0.258 e. The molecule has 27 heavy (non-hydrogen) atoms. The maximum absolute atomic E-state index is 12.2. The van der Waals surface area contributed by atoms with Gasteiger partial charge in [0.1, 0.15) is 24.1 Å². The van der Waals surface area contributed by atoms with E-state index in [4.69, 9.17) is 18.9 Å². The van der Waals surface area contributed by atoms with Crippen LogP contribution in [0.3, 0.4) is 0 Å². The van der Waals surface area contributed by atoms with Crippen LogP contribution in [0, 0.1) is 0 Å². The maximum atomic E-state index is 12.2. The van der Waals surface area contributed by atoms with E-state index in [1.165, 1.54) is 0 Å². The molecule has 0 aliphatic carbocycles. The Balaban J connectivity index is 1.24. The standard InChI is InChI=1S/C21H23NO5/c23-19(14-24-16-9-5-2-6-10-16)22-17-12-26-21-18(13-27-20(17)21)25-11-15-7-3-1-4-8-15/h1-10,17-18,20-21H,11-14H2,(H,22,23)/t17-,18+,20+,21+/m0/s1. The molecule has 2 aliphatic rings. The molecular weight excluding hydrogens is 346 g/mol. The highest BCUT2D eigenvalue weighted by molar-refractivity contribution is 5.78. The second kappa shape index (κ2) is 8.52. The molecule has 142 valence electrons. The number of rotatable bonds is 7.